The first-order chi connectivity index (χ1) is 8.97. The van der Waals surface area contributed by atoms with Crippen LogP contribution in [-0.2, 0) is 6.42 Å². The fourth-order valence-electron chi connectivity index (χ4n) is 1.87. The number of ketones is 1. The summed E-state index contributed by atoms with van der Waals surface area (Å²) in [5.74, 6) is -0.431. The monoisotopic (exact) mass is 340 g/mol. The molecule has 98 valence electrons. The van der Waals surface area contributed by atoms with Crippen LogP contribution >= 0.6 is 27.5 Å². The van der Waals surface area contributed by atoms with E-state index >= 15 is 0 Å². The van der Waals surface area contributed by atoms with Crippen molar-refractivity contribution >= 4 is 33.3 Å². The third-order valence-corrected chi connectivity index (χ3v) is 3.70. The zero-order valence-corrected chi connectivity index (χ0v) is 12.6. The first-order valence-electron chi connectivity index (χ1n) is 5.70. The van der Waals surface area contributed by atoms with Gasteiger partial charge in [0.15, 0.2) is 5.78 Å². The summed E-state index contributed by atoms with van der Waals surface area (Å²) < 4.78 is 13.9. The summed E-state index contributed by atoms with van der Waals surface area (Å²) in [4.78, 5) is 12.2. The molecule has 2 rings (SSSR count). The van der Waals surface area contributed by atoms with Gasteiger partial charge in [-0.3, -0.25) is 4.79 Å². The second-order valence-electron chi connectivity index (χ2n) is 4.29. The van der Waals surface area contributed by atoms with Crippen LogP contribution in [0.1, 0.15) is 21.5 Å². The van der Waals surface area contributed by atoms with Gasteiger partial charge in [-0.1, -0.05) is 39.7 Å². The predicted molar refractivity (Wildman–Crippen MR) is 78.3 cm³/mol. The van der Waals surface area contributed by atoms with Crippen LogP contribution in [0.4, 0.5) is 4.39 Å². The quantitative estimate of drug-likeness (QED) is 0.720. The van der Waals surface area contributed by atoms with Gasteiger partial charge in [-0.05, 0) is 42.3 Å². The number of carbonyl (C=O) groups excluding carboxylic acids is 1. The molecule has 0 aromatic heterocycles. The maximum absolute atomic E-state index is 12.9. The molecule has 0 saturated heterocycles. The highest BCUT2D eigenvalue weighted by Crippen LogP contribution is 2.21. The van der Waals surface area contributed by atoms with E-state index < -0.39 is 5.82 Å². The van der Waals surface area contributed by atoms with Crippen LogP contribution in [0.15, 0.2) is 40.9 Å². The molecule has 0 saturated carbocycles. The summed E-state index contributed by atoms with van der Waals surface area (Å²) in [6.07, 6.45) is 0.168. The van der Waals surface area contributed by atoms with Crippen molar-refractivity contribution in [1.29, 1.82) is 0 Å². The van der Waals surface area contributed by atoms with Crippen molar-refractivity contribution in [3.8, 4) is 0 Å². The zero-order valence-electron chi connectivity index (χ0n) is 10.2. The maximum atomic E-state index is 12.9. The minimum Gasteiger partial charge on any atom is -0.294 e. The van der Waals surface area contributed by atoms with Gasteiger partial charge in [-0.2, -0.15) is 0 Å². The van der Waals surface area contributed by atoms with Crippen molar-refractivity contribution in [2.45, 2.75) is 13.3 Å². The minimum absolute atomic E-state index is 0.0292. The van der Waals surface area contributed by atoms with Crippen LogP contribution < -0.4 is 0 Å². The van der Waals surface area contributed by atoms with Gasteiger partial charge in [0, 0.05) is 21.5 Å². The third-order valence-electron chi connectivity index (χ3n) is 2.85. The molecule has 2 aromatic rings. The lowest BCUT2D eigenvalue weighted by atomic mass is 9.99. The molecule has 2 aromatic carbocycles. The van der Waals surface area contributed by atoms with E-state index in [4.69, 9.17) is 11.6 Å². The molecule has 0 aliphatic rings. The standard InChI is InChI=1S/C15H11BrClFO/c1-9-6-11(16)3-5-13(9)15(19)7-10-2-4-12(18)8-14(10)17/h2-6,8H,7H2,1H3. The first kappa shape index (κ1) is 14.2. The second-order valence-corrected chi connectivity index (χ2v) is 5.62. The highest BCUT2D eigenvalue weighted by Gasteiger charge is 2.12. The number of benzene rings is 2. The van der Waals surface area contributed by atoms with Gasteiger partial charge >= 0.3 is 0 Å². The van der Waals surface area contributed by atoms with Crippen molar-refractivity contribution in [3.63, 3.8) is 0 Å². The van der Waals surface area contributed by atoms with Crippen molar-refractivity contribution in [2.75, 3.05) is 0 Å². The molecule has 0 radical (unpaired) electrons. The van der Waals surface area contributed by atoms with Crippen molar-refractivity contribution in [2.24, 2.45) is 0 Å². The van der Waals surface area contributed by atoms with Crippen LogP contribution in [0.5, 0.6) is 0 Å². The molecule has 0 aliphatic carbocycles. The Morgan fingerprint density at radius 1 is 1.26 bits per heavy atom. The highest BCUT2D eigenvalue weighted by atomic mass is 79.9. The van der Waals surface area contributed by atoms with Gasteiger partial charge in [0.2, 0.25) is 0 Å². The molecule has 0 unspecified atom stereocenters. The van der Waals surface area contributed by atoms with E-state index in [9.17, 15) is 9.18 Å². The molecule has 0 spiro atoms. The lowest BCUT2D eigenvalue weighted by Crippen LogP contribution is -2.06. The lowest BCUT2D eigenvalue weighted by Gasteiger charge is -2.07. The molecule has 0 aliphatic heterocycles. The molecule has 0 fully saturated rings. The molecule has 0 N–H and O–H groups in total. The van der Waals surface area contributed by atoms with E-state index in [1.165, 1.54) is 12.1 Å². The van der Waals surface area contributed by atoms with E-state index in [0.717, 1.165) is 10.0 Å². The molecule has 0 bridgehead atoms. The fraction of sp³-hybridized carbons (Fsp3) is 0.133. The Labute approximate surface area is 124 Å². The number of Topliss-reactive ketones (excluding diaryl/α,β-unsaturated/α-hetero) is 1. The van der Waals surface area contributed by atoms with Crippen LogP contribution in [0.3, 0.4) is 0 Å². The summed E-state index contributed by atoms with van der Waals surface area (Å²) in [5.41, 5.74) is 2.19. The molecule has 4 heteroatoms. The predicted octanol–water partition coefficient (Wildman–Crippen LogP) is 4.98. The summed E-state index contributed by atoms with van der Waals surface area (Å²) >= 11 is 9.28. The maximum Gasteiger partial charge on any atom is 0.167 e. The van der Waals surface area contributed by atoms with Crippen LogP contribution in [-0.4, -0.2) is 5.78 Å². The molecular formula is C15H11BrClFO. The Kier molecular flexibility index (Phi) is 4.38. The number of carbonyl (C=O) groups is 1. The summed E-state index contributed by atoms with van der Waals surface area (Å²) in [7, 11) is 0. The lowest BCUT2D eigenvalue weighted by molar-refractivity contribution is 0.0992. The number of hydrogen-bond donors (Lipinski definition) is 0. The SMILES string of the molecule is Cc1cc(Br)ccc1C(=O)Cc1ccc(F)cc1Cl. The molecule has 0 amide bonds. The van der Waals surface area contributed by atoms with Gasteiger partial charge in [0.25, 0.3) is 0 Å². The average Bonchev–Trinajstić information content (AvgIpc) is 2.32. The van der Waals surface area contributed by atoms with Crippen LogP contribution in [0.2, 0.25) is 5.02 Å². The largest absolute Gasteiger partial charge is 0.294 e. The van der Waals surface area contributed by atoms with Gasteiger partial charge in [0.1, 0.15) is 5.82 Å². The summed E-state index contributed by atoms with van der Waals surface area (Å²) in [6.45, 7) is 1.88. The van der Waals surface area contributed by atoms with Gasteiger partial charge in [-0.15, -0.1) is 0 Å². The normalized spacial score (nSPS) is 10.5. The van der Waals surface area contributed by atoms with E-state index in [2.05, 4.69) is 15.9 Å². The Balaban J connectivity index is 2.25. The van der Waals surface area contributed by atoms with Crippen molar-refractivity contribution in [3.05, 3.63) is 68.4 Å². The second kappa shape index (κ2) is 5.85. The van der Waals surface area contributed by atoms with Crippen LogP contribution in [0.25, 0.3) is 0 Å². The molecule has 19 heavy (non-hydrogen) atoms. The Bertz CT molecular complexity index is 640. The molecule has 1 nitrogen and oxygen atoms in total. The van der Waals surface area contributed by atoms with Gasteiger partial charge in [-0.25, -0.2) is 4.39 Å². The topological polar surface area (TPSA) is 17.1 Å². The van der Waals surface area contributed by atoms with Gasteiger partial charge in [0.05, 0.1) is 0 Å². The van der Waals surface area contributed by atoms with E-state index in [1.54, 1.807) is 12.1 Å². The van der Waals surface area contributed by atoms with Crippen LogP contribution in [0, 0.1) is 12.7 Å². The van der Waals surface area contributed by atoms with E-state index in [-0.39, 0.29) is 17.2 Å². The number of aryl methyl sites for hydroxylation is 1. The average molecular weight is 342 g/mol. The third kappa shape index (κ3) is 3.43. The van der Waals surface area contributed by atoms with Crippen molar-refractivity contribution in [1.82, 2.24) is 0 Å². The Morgan fingerprint density at radius 2 is 2.00 bits per heavy atom. The first-order valence-corrected chi connectivity index (χ1v) is 6.88. The fourth-order valence-corrected chi connectivity index (χ4v) is 2.58. The Hall–Kier alpha value is -1.19. The smallest absolute Gasteiger partial charge is 0.167 e. The number of hydrogen-bond acceptors (Lipinski definition) is 1. The summed E-state index contributed by atoms with van der Waals surface area (Å²) in [6, 6.07) is 9.57. The van der Waals surface area contributed by atoms with Gasteiger partial charge < -0.3 is 0 Å². The zero-order chi connectivity index (χ0) is 14.0. The number of halogens is 3. The Morgan fingerprint density at radius 3 is 2.63 bits per heavy atom. The molecule has 0 heterocycles. The number of rotatable bonds is 3. The molecular weight excluding hydrogens is 331 g/mol. The minimum atomic E-state index is -0.402. The van der Waals surface area contributed by atoms with E-state index in [0.29, 0.717) is 11.1 Å². The molecule has 0 atom stereocenters. The summed E-state index contributed by atoms with van der Waals surface area (Å²) in [5, 5.41) is 0.281. The van der Waals surface area contributed by atoms with Crippen molar-refractivity contribution < 1.29 is 9.18 Å². The highest BCUT2D eigenvalue weighted by molar-refractivity contribution is 9.10. The van der Waals surface area contributed by atoms with E-state index in [1.807, 2.05) is 19.1 Å².